The Labute approximate surface area is 114 Å². The predicted octanol–water partition coefficient (Wildman–Crippen LogP) is 3.32. The van der Waals surface area contributed by atoms with Crippen molar-refractivity contribution in [2.45, 2.75) is 13.3 Å². The molecule has 1 heterocycles. The van der Waals surface area contributed by atoms with Gasteiger partial charge in [-0.3, -0.25) is 4.79 Å². The van der Waals surface area contributed by atoms with Gasteiger partial charge < -0.3 is 9.73 Å². The summed E-state index contributed by atoms with van der Waals surface area (Å²) < 4.78 is 6.39. The average molecular weight is 308 g/mol. The number of furan rings is 1. The summed E-state index contributed by atoms with van der Waals surface area (Å²) in [6.45, 7) is 2.48. The Kier molecular flexibility index (Phi) is 4.20. The fourth-order valence-corrected chi connectivity index (χ4v) is 1.89. The van der Waals surface area contributed by atoms with Gasteiger partial charge in [-0.2, -0.15) is 0 Å². The molecule has 0 bridgehead atoms. The SMILES string of the molecule is Cc1ccc(CCNC(=O)c2ccc(Br)cc2)o1. The quantitative estimate of drug-likeness (QED) is 0.941. The minimum Gasteiger partial charge on any atom is -0.466 e. The first-order chi connectivity index (χ1) is 8.65. The number of halogens is 1. The molecular formula is C14H14BrNO2. The molecule has 0 aliphatic carbocycles. The van der Waals surface area contributed by atoms with E-state index in [0.717, 1.165) is 16.0 Å². The average Bonchev–Trinajstić information content (AvgIpc) is 2.76. The topological polar surface area (TPSA) is 42.2 Å². The molecule has 1 N–H and O–H groups in total. The summed E-state index contributed by atoms with van der Waals surface area (Å²) in [6, 6.07) is 11.1. The van der Waals surface area contributed by atoms with Gasteiger partial charge in [-0.15, -0.1) is 0 Å². The predicted molar refractivity (Wildman–Crippen MR) is 73.6 cm³/mol. The molecule has 0 fully saturated rings. The molecule has 0 radical (unpaired) electrons. The standard InChI is InChI=1S/C14H14BrNO2/c1-10-2-7-13(18-10)8-9-16-14(17)11-3-5-12(15)6-4-11/h2-7H,8-9H2,1H3,(H,16,17). The lowest BCUT2D eigenvalue weighted by Crippen LogP contribution is -2.25. The molecule has 0 saturated heterocycles. The lowest BCUT2D eigenvalue weighted by atomic mass is 10.2. The largest absolute Gasteiger partial charge is 0.466 e. The van der Waals surface area contributed by atoms with E-state index in [0.29, 0.717) is 18.5 Å². The molecule has 0 unspecified atom stereocenters. The van der Waals surface area contributed by atoms with Gasteiger partial charge in [0.1, 0.15) is 11.5 Å². The molecular weight excluding hydrogens is 294 g/mol. The van der Waals surface area contributed by atoms with Crippen molar-refractivity contribution in [3.05, 3.63) is 58.0 Å². The van der Waals surface area contributed by atoms with Gasteiger partial charge in [0, 0.05) is 23.0 Å². The molecule has 0 aliphatic heterocycles. The molecule has 1 amide bonds. The van der Waals surface area contributed by atoms with E-state index in [1.54, 1.807) is 12.1 Å². The van der Waals surface area contributed by atoms with E-state index in [2.05, 4.69) is 21.2 Å². The molecule has 0 spiro atoms. The Hall–Kier alpha value is -1.55. The van der Waals surface area contributed by atoms with Crippen LogP contribution < -0.4 is 5.32 Å². The maximum Gasteiger partial charge on any atom is 0.251 e. The number of nitrogens with one attached hydrogen (secondary N) is 1. The van der Waals surface area contributed by atoms with Crippen LogP contribution in [-0.4, -0.2) is 12.5 Å². The van der Waals surface area contributed by atoms with Crippen molar-refractivity contribution in [2.24, 2.45) is 0 Å². The molecule has 0 aliphatic rings. The van der Waals surface area contributed by atoms with E-state index in [1.807, 2.05) is 31.2 Å². The zero-order chi connectivity index (χ0) is 13.0. The minimum absolute atomic E-state index is 0.0641. The molecule has 2 aromatic rings. The Bertz CT molecular complexity index is 531. The Morgan fingerprint density at radius 2 is 1.94 bits per heavy atom. The Morgan fingerprint density at radius 1 is 1.22 bits per heavy atom. The normalized spacial score (nSPS) is 10.3. The molecule has 3 nitrogen and oxygen atoms in total. The van der Waals surface area contributed by atoms with Crippen LogP contribution in [0.15, 0.2) is 45.3 Å². The van der Waals surface area contributed by atoms with E-state index >= 15 is 0 Å². The van der Waals surface area contributed by atoms with Crippen molar-refractivity contribution in [1.82, 2.24) is 5.32 Å². The number of carbonyl (C=O) groups excluding carboxylic acids is 1. The van der Waals surface area contributed by atoms with Crippen molar-refractivity contribution in [2.75, 3.05) is 6.54 Å². The summed E-state index contributed by atoms with van der Waals surface area (Å²) in [5.74, 6) is 1.72. The van der Waals surface area contributed by atoms with Crippen LogP contribution in [0.1, 0.15) is 21.9 Å². The van der Waals surface area contributed by atoms with Gasteiger partial charge in [-0.05, 0) is 43.3 Å². The van der Waals surface area contributed by atoms with Crippen molar-refractivity contribution in [3.63, 3.8) is 0 Å². The zero-order valence-corrected chi connectivity index (χ0v) is 11.7. The highest BCUT2D eigenvalue weighted by Gasteiger charge is 2.05. The second-order valence-electron chi connectivity index (χ2n) is 4.03. The molecule has 18 heavy (non-hydrogen) atoms. The fraction of sp³-hybridized carbons (Fsp3) is 0.214. The summed E-state index contributed by atoms with van der Waals surface area (Å²) in [5.41, 5.74) is 0.661. The van der Waals surface area contributed by atoms with E-state index in [4.69, 9.17) is 4.42 Å². The monoisotopic (exact) mass is 307 g/mol. The van der Waals surface area contributed by atoms with E-state index < -0.39 is 0 Å². The van der Waals surface area contributed by atoms with Crippen LogP contribution in [0.2, 0.25) is 0 Å². The molecule has 1 aromatic carbocycles. The minimum atomic E-state index is -0.0641. The maximum absolute atomic E-state index is 11.8. The van der Waals surface area contributed by atoms with Gasteiger partial charge in [-0.25, -0.2) is 0 Å². The lowest BCUT2D eigenvalue weighted by Gasteiger charge is -2.04. The van der Waals surface area contributed by atoms with Crippen molar-refractivity contribution >= 4 is 21.8 Å². The molecule has 0 saturated carbocycles. The number of carbonyl (C=O) groups is 1. The van der Waals surface area contributed by atoms with Gasteiger partial charge in [0.2, 0.25) is 0 Å². The number of aryl methyl sites for hydroxylation is 1. The van der Waals surface area contributed by atoms with Crippen LogP contribution in [0.5, 0.6) is 0 Å². The van der Waals surface area contributed by atoms with E-state index in [-0.39, 0.29) is 5.91 Å². The van der Waals surface area contributed by atoms with Crippen LogP contribution in [0, 0.1) is 6.92 Å². The summed E-state index contributed by atoms with van der Waals surface area (Å²) in [7, 11) is 0. The van der Waals surface area contributed by atoms with E-state index in [1.165, 1.54) is 0 Å². The van der Waals surface area contributed by atoms with Gasteiger partial charge in [0.25, 0.3) is 5.91 Å². The molecule has 4 heteroatoms. The highest BCUT2D eigenvalue weighted by Crippen LogP contribution is 2.10. The van der Waals surface area contributed by atoms with Gasteiger partial charge in [-0.1, -0.05) is 15.9 Å². The third-order valence-electron chi connectivity index (χ3n) is 2.56. The number of hydrogen-bond donors (Lipinski definition) is 1. The summed E-state index contributed by atoms with van der Waals surface area (Å²) >= 11 is 3.34. The first kappa shape index (κ1) is 12.9. The number of amides is 1. The number of rotatable bonds is 4. The van der Waals surface area contributed by atoms with Crippen LogP contribution in [0.25, 0.3) is 0 Å². The second-order valence-corrected chi connectivity index (χ2v) is 4.94. The summed E-state index contributed by atoms with van der Waals surface area (Å²) in [6.07, 6.45) is 0.704. The highest BCUT2D eigenvalue weighted by molar-refractivity contribution is 9.10. The lowest BCUT2D eigenvalue weighted by molar-refractivity contribution is 0.0953. The third kappa shape index (κ3) is 3.47. The third-order valence-corrected chi connectivity index (χ3v) is 3.09. The first-order valence-corrected chi connectivity index (χ1v) is 6.53. The first-order valence-electron chi connectivity index (χ1n) is 5.74. The molecule has 1 aromatic heterocycles. The van der Waals surface area contributed by atoms with Gasteiger partial charge in [0.05, 0.1) is 0 Å². The fourth-order valence-electron chi connectivity index (χ4n) is 1.62. The Morgan fingerprint density at radius 3 is 2.56 bits per heavy atom. The smallest absolute Gasteiger partial charge is 0.251 e. The Balaban J connectivity index is 1.83. The van der Waals surface area contributed by atoms with Crippen LogP contribution in [-0.2, 0) is 6.42 Å². The number of benzene rings is 1. The van der Waals surface area contributed by atoms with Crippen molar-refractivity contribution in [3.8, 4) is 0 Å². The zero-order valence-electron chi connectivity index (χ0n) is 10.1. The molecule has 94 valence electrons. The van der Waals surface area contributed by atoms with Gasteiger partial charge >= 0.3 is 0 Å². The maximum atomic E-state index is 11.8. The van der Waals surface area contributed by atoms with Gasteiger partial charge in [0.15, 0.2) is 0 Å². The summed E-state index contributed by atoms with van der Waals surface area (Å²) in [5, 5.41) is 2.86. The van der Waals surface area contributed by atoms with Crippen molar-refractivity contribution < 1.29 is 9.21 Å². The second kappa shape index (κ2) is 5.87. The van der Waals surface area contributed by atoms with Crippen molar-refractivity contribution in [1.29, 1.82) is 0 Å². The molecule has 0 atom stereocenters. The van der Waals surface area contributed by atoms with Crippen LogP contribution in [0.3, 0.4) is 0 Å². The number of hydrogen-bond acceptors (Lipinski definition) is 2. The highest BCUT2D eigenvalue weighted by atomic mass is 79.9. The van der Waals surface area contributed by atoms with E-state index in [9.17, 15) is 4.79 Å². The van der Waals surface area contributed by atoms with Crippen LogP contribution in [0.4, 0.5) is 0 Å². The van der Waals surface area contributed by atoms with Crippen LogP contribution >= 0.6 is 15.9 Å². The summed E-state index contributed by atoms with van der Waals surface area (Å²) in [4.78, 5) is 11.8. The molecule has 2 rings (SSSR count).